The third kappa shape index (κ3) is 3.35. The van der Waals surface area contributed by atoms with E-state index >= 15 is 0 Å². The number of oxime groups is 1. The molecule has 104 valence electrons. The van der Waals surface area contributed by atoms with E-state index in [9.17, 15) is 9.59 Å². The molecular weight excluding hydrogens is 236 g/mol. The van der Waals surface area contributed by atoms with Crippen LogP contribution in [0.4, 0.5) is 0 Å². The highest BCUT2D eigenvalue weighted by atomic mass is 16.4. The maximum atomic E-state index is 12.2. The van der Waals surface area contributed by atoms with Crippen LogP contribution in [0.1, 0.15) is 20.3 Å². The number of hydrogen-bond donors (Lipinski definition) is 2. The van der Waals surface area contributed by atoms with Crippen LogP contribution in [-0.4, -0.2) is 60.3 Å². The first kappa shape index (κ1) is 16.2. The van der Waals surface area contributed by atoms with E-state index in [1.165, 1.54) is 16.8 Å². The van der Waals surface area contributed by atoms with Gasteiger partial charge in [-0.25, -0.2) is 0 Å². The molecule has 0 aliphatic carbocycles. The fraction of sp³-hybridized carbons (Fsp3) is 0.727. The van der Waals surface area contributed by atoms with Crippen LogP contribution in [0.2, 0.25) is 0 Å². The lowest BCUT2D eigenvalue weighted by Crippen LogP contribution is -2.50. The Balaban J connectivity index is 4.97. The van der Waals surface area contributed by atoms with Crippen molar-refractivity contribution in [3.05, 3.63) is 0 Å². The lowest BCUT2D eigenvalue weighted by atomic mass is 9.84. The molecule has 0 aromatic rings. The van der Waals surface area contributed by atoms with Crippen molar-refractivity contribution in [1.29, 1.82) is 0 Å². The van der Waals surface area contributed by atoms with Crippen LogP contribution in [0.25, 0.3) is 0 Å². The average Bonchev–Trinajstić information content (AvgIpc) is 2.35. The largest absolute Gasteiger partial charge is 0.409 e. The van der Waals surface area contributed by atoms with Crippen LogP contribution in [-0.2, 0) is 9.59 Å². The average molecular weight is 258 g/mol. The first-order valence-corrected chi connectivity index (χ1v) is 5.64. The molecule has 1 unspecified atom stereocenters. The summed E-state index contributed by atoms with van der Waals surface area (Å²) in [7, 11) is 4.74. The normalized spacial score (nSPS) is 14.8. The summed E-state index contributed by atoms with van der Waals surface area (Å²) in [5, 5.41) is 11.6. The van der Waals surface area contributed by atoms with E-state index in [0.717, 1.165) is 0 Å². The summed E-state index contributed by atoms with van der Waals surface area (Å²) in [6.07, 6.45) is 0.377. The van der Waals surface area contributed by atoms with Gasteiger partial charge in [-0.1, -0.05) is 12.1 Å². The first-order valence-electron chi connectivity index (χ1n) is 5.64. The zero-order chi connectivity index (χ0) is 14.5. The molecule has 0 bridgehead atoms. The SMILES string of the molecule is CCC(C)(C(=O)N(C)CC(=O)N(C)C)C(N)=NO. The van der Waals surface area contributed by atoms with Crippen LogP contribution in [0.15, 0.2) is 5.16 Å². The third-order valence-corrected chi connectivity index (χ3v) is 3.07. The summed E-state index contributed by atoms with van der Waals surface area (Å²) in [5.74, 6) is -0.696. The fourth-order valence-electron chi connectivity index (χ4n) is 1.39. The summed E-state index contributed by atoms with van der Waals surface area (Å²) >= 11 is 0. The number of likely N-dealkylation sites (N-methyl/N-ethyl adjacent to an activating group) is 2. The van der Waals surface area contributed by atoms with Gasteiger partial charge >= 0.3 is 0 Å². The zero-order valence-electron chi connectivity index (χ0n) is 11.6. The lowest BCUT2D eigenvalue weighted by molar-refractivity contribution is -0.142. The number of nitrogens with two attached hydrogens (primary N) is 1. The zero-order valence-corrected chi connectivity index (χ0v) is 11.6. The second kappa shape index (κ2) is 6.23. The second-order valence-electron chi connectivity index (χ2n) is 4.62. The summed E-state index contributed by atoms with van der Waals surface area (Å²) in [6, 6.07) is 0. The van der Waals surface area contributed by atoms with Gasteiger partial charge in [0.05, 0.1) is 6.54 Å². The Morgan fingerprint density at radius 1 is 1.33 bits per heavy atom. The van der Waals surface area contributed by atoms with E-state index in [2.05, 4.69) is 5.16 Å². The van der Waals surface area contributed by atoms with Crippen molar-refractivity contribution in [3.8, 4) is 0 Å². The Kier molecular flexibility index (Phi) is 5.61. The topological polar surface area (TPSA) is 99.2 Å². The molecule has 0 saturated carbocycles. The summed E-state index contributed by atoms with van der Waals surface area (Å²) in [4.78, 5) is 26.5. The van der Waals surface area contributed by atoms with Gasteiger partial charge in [-0.3, -0.25) is 9.59 Å². The Bertz CT molecular complexity index is 354. The molecule has 0 aliphatic heterocycles. The smallest absolute Gasteiger partial charge is 0.241 e. The molecule has 0 heterocycles. The van der Waals surface area contributed by atoms with E-state index in [-0.39, 0.29) is 24.2 Å². The number of nitrogens with zero attached hydrogens (tertiary/aromatic N) is 3. The predicted molar refractivity (Wildman–Crippen MR) is 68.1 cm³/mol. The molecule has 7 nitrogen and oxygen atoms in total. The maximum absolute atomic E-state index is 12.2. The van der Waals surface area contributed by atoms with Gasteiger partial charge in [-0.05, 0) is 13.3 Å². The highest BCUT2D eigenvalue weighted by molar-refractivity contribution is 6.06. The molecule has 18 heavy (non-hydrogen) atoms. The first-order chi connectivity index (χ1) is 8.20. The Hall–Kier alpha value is -1.79. The van der Waals surface area contributed by atoms with E-state index in [4.69, 9.17) is 10.9 Å². The minimum Gasteiger partial charge on any atom is -0.409 e. The van der Waals surface area contributed by atoms with Crippen molar-refractivity contribution in [2.24, 2.45) is 16.3 Å². The number of carbonyl (C=O) groups excluding carboxylic acids is 2. The number of hydrogen-bond acceptors (Lipinski definition) is 4. The molecule has 3 N–H and O–H groups in total. The van der Waals surface area contributed by atoms with Crippen molar-refractivity contribution in [2.75, 3.05) is 27.7 Å². The predicted octanol–water partition coefficient (Wildman–Crippen LogP) is -0.304. The summed E-state index contributed by atoms with van der Waals surface area (Å²) in [6.45, 7) is 3.30. The van der Waals surface area contributed by atoms with Gasteiger partial charge in [0.15, 0.2) is 5.84 Å². The standard InChI is InChI=1S/C11H22N4O3/c1-6-11(2,9(12)13-18)10(17)15(5)7-8(16)14(3)4/h18H,6-7H2,1-5H3,(H2,12,13). The van der Waals surface area contributed by atoms with E-state index in [0.29, 0.717) is 6.42 Å². The summed E-state index contributed by atoms with van der Waals surface area (Å²) in [5.41, 5.74) is 4.45. The Morgan fingerprint density at radius 3 is 2.17 bits per heavy atom. The molecule has 1 atom stereocenters. The van der Waals surface area contributed by atoms with Crippen molar-refractivity contribution in [2.45, 2.75) is 20.3 Å². The highest BCUT2D eigenvalue weighted by Gasteiger charge is 2.38. The highest BCUT2D eigenvalue weighted by Crippen LogP contribution is 2.24. The lowest BCUT2D eigenvalue weighted by Gasteiger charge is -2.30. The van der Waals surface area contributed by atoms with Gasteiger partial charge in [0.2, 0.25) is 11.8 Å². The van der Waals surface area contributed by atoms with E-state index in [1.54, 1.807) is 27.9 Å². The van der Waals surface area contributed by atoms with Crippen molar-refractivity contribution < 1.29 is 14.8 Å². The maximum Gasteiger partial charge on any atom is 0.241 e. The van der Waals surface area contributed by atoms with Crippen LogP contribution in [0, 0.1) is 5.41 Å². The van der Waals surface area contributed by atoms with Crippen LogP contribution >= 0.6 is 0 Å². The quantitative estimate of drug-likeness (QED) is 0.306. The Morgan fingerprint density at radius 2 is 1.83 bits per heavy atom. The molecule has 0 aromatic heterocycles. The van der Waals surface area contributed by atoms with Gasteiger partial charge in [0.25, 0.3) is 0 Å². The molecule has 2 amide bonds. The van der Waals surface area contributed by atoms with Gasteiger partial charge in [-0.15, -0.1) is 0 Å². The molecule has 7 heteroatoms. The minimum absolute atomic E-state index is 0.0415. The van der Waals surface area contributed by atoms with Crippen molar-refractivity contribution in [1.82, 2.24) is 9.80 Å². The van der Waals surface area contributed by atoms with Gasteiger partial charge < -0.3 is 20.7 Å². The van der Waals surface area contributed by atoms with Crippen LogP contribution < -0.4 is 5.73 Å². The molecule has 0 spiro atoms. The molecular formula is C11H22N4O3. The second-order valence-corrected chi connectivity index (χ2v) is 4.62. The third-order valence-electron chi connectivity index (χ3n) is 3.07. The van der Waals surface area contributed by atoms with Crippen LogP contribution in [0.5, 0.6) is 0 Å². The van der Waals surface area contributed by atoms with E-state index in [1.807, 2.05) is 0 Å². The number of carbonyl (C=O) groups is 2. The molecule has 0 saturated heterocycles. The number of rotatable bonds is 5. The number of amides is 2. The fourth-order valence-corrected chi connectivity index (χ4v) is 1.39. The summed E-state index contributed by atoms with van der Waals surface area (Å²) < 4.78 is 0. The van der Waals surface area contributed by atoms with Gasteiger partial charge in [0, 0.05) is 21.1 Å². The van der Waals surface area contributed by atoms with Crippen molar-refractivity contribution >= 4 is 17.6 Å². The minimum atomic E-state index is -1.10. The monoisotopic (exact) mass is 258 g/mol. The molecule has 0 aromatic carbocycles. The molecule has 0 rings (SSSR count). The van der Waals surface area contributed by atoms with Gasteiger partial charge in [-0.2, -0.15) is 0 Å². The Labute approximate surface area is 107 Å². The van der Waals surface area contributed by atoms with Crippen LogP contribution in [0.3, 0.4) is 0 Å². The molecule has 0 radical (unpaired) electrons. The van der Waals surface area contributed by atoms with Gasteiger partial charge in [0.1, 0.15) is 5.41 Å². The number of amidine groups is 1. The molecule has 0 fully saturated rings. The van der Waals surface area contributed by atoms with E-state index < -0.39 is 5.41 Å². The molecule has 0 aliphatic rings. The van der Waals surface area contributed by atoms with Crippen molar-refractivity contribution in [3.63, 3.8) is 0 Å².